The summed E-state index contributed by atoms with van der Waals surface area (Å²) in [6, 6.07) is 1.84. The minimum atomic E-state index is 0.441. The third-order valence-corrected chi connectivity index (χ3v) is 1.75. The van der Waals surface area contributed by atoms with E-state index in [1.165, 1.54) is 0 Å². The fraction of sp³-hybridized carbons (Fsp3) is 0.286. The lowest BCUT2D eigenvalue weighted by Gasteiger charge is -2.02. The number of halogens is 1. The number of aromatic nitrogens is 1. The van der Waals surface area contributed by atoms with Crippen molar-refractivity contribution in [1.82, 2.24) is 4.98 Å². The molecular formula is C7H10ClN3. The predicted molar refractivity (Wildman–Crippen MR) is 46.7 cm³/mol. The molecule has 0 bridgehead atoms. The second-order valence-corrected chi connectivity index (χ2v) is 2.52. The average Bonchev–Trinajstić information content (AvgIpc) is 2.05. The molecule has 3 N–H and O–H groups in total. The Labute approximate surface area is 70.6 Å². The first-order chi connectivity index (χ1) is 5.27. The van der Waals surface area contributed by atoms with Gasteiger partial charge in [-0.2, -0.15) is 0 Å². The SMILES string of the molecule is CNc1cc(CN)c(Cl)cn1. The summed E-state index contributed by atoms with van der Waals surface area (Å²) in [5.41, 5.74) is 6.34. The Morgan fingerprint density at radius 2 is 2.45 bits per heavy atom. The lowest BCUT2D eigenvalue weighted by molar-refractivity contribution is 1.06. The highest BCUT2D eigenvalue weighted by atomic mass is 35.5. The fourth-order valence-corrected chi connectivity index (χ4v) is 0.954. The topological polar surface area (TPSA) is 50.9 Å². The molecule has 1 heterocycles. The number of pyridine rings is 1. The van der Waals surface area contributed by atoms with E-state index in [0.717, 1.165) is 11.4 Å². The molecule has 3 nitrogen and oxygen atoms in total. The Kier molecular flexibility index (Phi) is 2.68. The number of nitrogens with two attached hydrogens (primary N) is 1. The third-order valence-electron chi connectivity index (χ3n) is 1.41. The van der Waals surface area contributed by atoms with Gasteiger partial charge < -0.3 is 11.1 Å². The van der Waals surface area contributed by atoms with Gasteiger partial charge in [0.05, 0.1) is 5.02 Å². The van der Waals surface area contributed by atoms with Crippen LogP contribution >= 0.6 is 11.6 Å². The third kappa shape index (κ3) is 1.82. The highest BCUT2D eigenvalue weighted by Crippen LogP contribution is 2.16. The van der Waals surface area contributed by atoms with Gasteiger partial charge in [-0.25, -0.2) is 4.98 Å². The Hall–Kier alpha value is -0.800. The number of rotatable bonds is 2. The molecule has 0 fully saturated rings. The van der Waals surface area contributed by atoms with Gasteiger partial charge in [0.15, 0.2) is 0 Å². The van der Waals surface area contributed by atoms with Crippen molar-refractivity contribution < 1.29 is 0 Å². The van der Waals surface area contributed by atoms with E-state index in [9.17, 15) is 0 Å². The highest BCUT2D eigenvalue weighted by Gasteiger charge is 1.98. The molecule has 0 amide bonds. The van der Waals surface area contributed by atoms with Crippen LogP contribution in [0.1, 0.15) is 5.56 Å². The van der Waals surface area contributed by atoms with Crippen molar-refractivity contribution in [3.63, 3.8) is 0 Å². The van der Waals surface area contributed by atoms with E-state index in [0.29, 0.717) is 11.6 Å². The number of nitrogens with zero attached hydrogens (tertiary/aromatic N) is 1. The van der Waals surface area contributed by atoms with Crippen molar-refractivity contribution in [3.05, 3.63) is 22.8 Å². The van der Waals surface area contributed by atoms with Crippen molar-refractivity contribution >= 4 is 17.4 Å². The fourth-order valence-electron chi connectivity index (χ4n) is 0.774. The lowest BCUT2D eigenvalue weighted by Crippen LogP contribution is -2.00. The monoisotopic (exact) mass is 171 g/mol. The molecule has 0 radical (unpaired) electrons. The van der Waals surface area contributed by atoms with E-state index in [1.54, 1.807) is 13.2 Å². The van der Waals surface area contributed by atoms with Crippen LogP contribution in [0.5, 0.6) is 0 Å². The minimum Gasteiger partial charge on any atom is -0.373 e. The number of hydrogen-bond acceptors (Lipinski definition) is 3. The summed E-state index contributed by atoms with van der Waals surface area (Å²) in [6.07, 6.45) is 1.59. The molecule has 0 unspecified atom stereocenters. The average molecular weight is 172 g/mol. The van der Waals surface area contributed by atoms with Crippen molar-refractivity contribution in [2.75, 3.05) is 12.4 Å². The molecule has 1 aromatic heterocycles. The normalized spacial score (nSPS) is 9.73. The number of nitrogens with one attached hydrogen (secondary N) is 1. The standard InChI is InChI=1S/C7H10ClN3/c1-10-7-2-5(3-9)6(8)4-11-7/h2,4H,3,9H2,1H3,(H,10,11). The van der Waals surface area contributed by atoms with Crippen LogP contribution in [0.2, 0.25) is 5.02 Å². The molecule has 11 heavy (non-hydrogen) atoms. The zero-order valence-corrected chi connectivity index (χ0v) is 7.02. The van der Waals surface area contributed by atoms with E-state index >= 15 is 0 Å². The van der Waals surface area contributed by atoms with Crippen LogP contribution < -0.4 is 11.1 Å². The van der Waals surface area contributed by atoms with Gasteiger partial charge in [0, 0.05) is 19.8 Å². The van der Waals surface area contributed by atoms with Crippen LogP contribution in [0.3, 0.4) is 0 Å². The zero-order valence-electron chi connectivity index (χ0n) is 6.26. The number of anilines is 1. The Morgan fingerprint density at radius 3 is 3.00 bits per heavy atom. The first-order valence-electron chi connectivity index (χ1n) is 3.30. The minimum absolute atomic E-state index is 0.441. The first-order valence-corrected chi connectivity index (χ1v) is 3.68. The maximum absolute atomic E-state index is 5.78. The van der Waals surface area contributed by atoms with Crippen LogP contribution in [0.25, 0.3) is 0 Å². The zero-order chi connectivity index (χ0) is 8.27. The molecule has 0 aliphatic carbocycles. The first kappa shape index (κ1) is 8.30. The van der Waals surface area contributed by atoms with Gasteiger partial charge in [0.25, 0.3) is 0 Å². The molecule has 0 spiro atoms. The molecule has 0 saturated heterocycles. The van der Waals surface area contributed by atoms with Gasteiger partial charge in [0.2, 0.25) is 0 Å². The maximum atomic E-state index is 5.78. The summed E-state index contributed by atoms with van der Waals surface area (Å²) < 4.78 is 0. The number of hydrogen-bond donors (Lipinski definition) is 2. The molecule has 0 aliphatic heterocycles. The highest BCUT2D eigenvalue weighted by molar-refractivity contribution is 6.31. The van der Waals surface area contributed by atoms with E-state index < -0.39 is 0 Å². The van der Waals surface area contributed by atoms with E-state index in [1.807, 2.05) is 6.07 Å². The quantitative estimate of drug-likeness (QED) is 0.704. The summed E-state index contributed by atoms with van der Waals surface area (Å²) in [5, 5.41) is 3.52. The van der Waals surface area contributed by atoms with E-state index in [2.05, 4.69) is 10.3 Å². The van der Waals surface area contributed by atoms with E-state index in [4.69, 9.17) is 17.3 Å². The predicted octanol–water partition coefficient (Wildman–Crippen LogP) is 1.24. The van der Waals surface area contributed by atoms with Gasteiger partial charge in [-0.05, 0) is 11.6 Å². The van der Waals surface area contributed by atoms with Crippen LogP contribution in [0.4, 0.5) is 5.82 Å². The van der Waals surface area contributed by atoms with Crippen molar-refractivity contribution in [2.24, 2.45) is 5.73 Å². The molecule has 1 rings (SSSR count). The second-order valence-electron chi connectivity index (χ2n) is 2.12. The maximum Gasteiger partial charge on any atom is 0.126 e. The second kappa shape index (κ2) is 3.55. The van der Waals surface area contributed by atoms with Crippen LogP contribution in [-0.2, 0) is 6.54 Å². The van der Waals surface area contributed by atoms with E-state index in [-0.39, 0.29) is 0 Å². The molecule has 0 aromatic carbocycles. The van der Waals surface area contributed by atoms with Gasteiger partial charge in [-0.3, -0.25) is 0 Å². The molecule has 1 aromatic rings. The smallest absolute Gasteiger partial charge is 0.126 e. The largest absolute Gasteiger partial charge is 0.373 e. The molecule has 0 saturated carbocycles. The summed E-state index contributed by atoms with van der Waals surface area (Å²) >= 11 is 5.78. The van der Waals surface area contributed by atoms with Crippen molar-refractivity contribution in [2.45, 2.75) is 6.54 Å². The molecule has 4 heteroatoms. The van der Waals surface area contributed by atoms with Crippen molar-refractivity contribution in [1.29, 1.82) is 0 Å². The molecule has 0 atom stereocenters. The summed E-state index contributed by atoms with van der Waals surface area (Å²) in [7, 11) is 1.80. The molecule has 60 valence electrons. The van der Waals surface area contributed by atoms with Crippen molar-refractivity contribution in [3.8, 4) is 0 Å². The Bertz CT molecular complexity index is 249. The van der Waals surface area contributed by atoms with Crippen LogP contribution in [0, 0.1) is 0 Å². The van der Waals surface area contributed by atoms with Crippen LogP contribution in [0.15, 0.2) is 12.3 Å². The lowest BCUT2D eigenvalue weighted by atomic mass is 10.2. The summed E-state index contributed by atoms with van der Waals surface area (Å²) in [4.78, 5) is 4.01. The Balaban J connectivity index is 3.02. The summed E-state index contributed by atoms with van der Waals surface area (Å²) in [5.74, 6) is 0.787. The Morgan fingerprint density at radius 1 is 1.73 bits per heavy atom. The molecular weight excluding hydrogens is 162 g/mol. The van der Waals surface area contributed by atoms with Gasteiger partial charge in [0.1, 0.15) is 5.82 Å². The molecule has 0 aliphatic rings. The van der Waals surface area contributed by atoms with Gasteiger partial charge >= 0.3 is 0 Å². The van der Waals surface area contributed by atoms with Crippen LogP contribution in [-0.4, -0.2) is 12.0 Å². The van der Waals surface area contributed by atoms with Gasteiger partial charge in [-0.15, -0.1) is 0 Å². The summed E-state index contributed by atoms with van der Waals surface area (Å²) in [6.45, 7) is 0.441. The van der Waals surface area contributed by atoms with Gasteiger partial charge in [-0.1, -0.05) is 11.6 Å².